The summed E-state index contributed by atoms with van der Waals surface area (Å²) in [6, 6.07) is 7.50. The molecule has 0 aliphatic carbocycles. The highest BCUT2D eigenvalue weighted by atomic mass is 16.1. The summed E-state index contributed by atoms with van der Waals surface area (Å²) in [5.74, 6) is 5.23. The molecule has 7 nitrogen and oxygen atoms in total. The molecule has 0 fully saturated rings. The Kier molecular flexibility index (Phi) is 4.11. The highest BCUT2D eigenvalue weighted by Crippen LogP contribution is 2.17. The number of hydrazine groups is 1. The van der Waals surface area contributed by atoms with Crippen LogP contribution >= 0.6 is 0 Å². The molecule has 1 aromatic heterocycles. The molecule has 0 radical (unpaired) electrons. The fraction of sp³-hybridized carbons (Fsp3) is 0.154. The quantitative estimate of drug-likeness (QED) is 0.569. The molecular formula is C13H16N6O. The van der Waals surface area contributed by atoms with Crippen molar-refractivity contribution in [2.24, 2.45) is 5.84 Å². The van der Waals surface area contributed by atoms with Gasteiger partial charge in [0.15, 0.2) is 5.82 Å². The van der Waals surface area contributed by atoms with Crippen molar-refractivity contribution < 1.29 is 4.79 Å². The normalized spacial score (nSPS) is 9.95. The monoisotopic (exact) mass is 272 g/mol. The number of carbonyl (C=O) groups is 1. The molecule has 0 atom stereocenters. The molecule has 0 saturated carbocycles. The van der Waals surface area contributed by atoms with Crippen molar-refractivity contribution in [1.29, 1.82) is 0 Å². The van der Waals surface area contributed by atoms with E-state index in [1.54, 1.807) is 0 Å². The van der Waals surface area contributed by atoms with Crippen LogP contribution in [0, 0.1) is 0 Å². The van der Waals surface area contributed by atoms with E-state index >= 15 is 0 Å². The molecule has 1 amide bonds. The zero-order valence-electron chi connectivity index (χ0n) is 11.3. The van der Waals surface area contributed by atoms with E-state index in [0.717, 1.165) is 5.69 Å². The molecule has 2 rings (SSSR count). The molecule has 0 spiro atoms. The Morgan fingerprint density at radius 1 is 1.30 bits per heavy atom. The van der Waals surface area contributed by atoms with Crippen LogP contribution in [-0.4, -0.2) is 30.0 Å². The first-order chi connectivity index (χ1) is 9.60. The van der Waals surface area contributed by atoms with Crippen molar-refractivity contribution in [3.05, 3.63) is 42.4 Å². The first-order valence-electron chi connectivity index (χ1n) is 5.97. The number of hydrogen-bond acceptors (Lipinski definition) is 6. The first-order valence-corrected chi connectivity index (χ1v) is 5.97. The van der Waals surface area contributed by atoms with Crippen LogP contribution in [0.1, 0.15) is 10.5 Å². The second-order valence-electron chi connectivity index (χ2n) is 4.33. The van der Waals surface area contributed by atoms with Crippen molar-refractivity contribution in [2.45, 2.75) is 0 Å². The summed E-state index contributed by atoms with van der Waals surface area (Å²) < 4.78 is 0. The lowest BCUT2D eigenvalue weighted by atomic mass is 10.2. The second kappa shape index (κ2) is 5.98. The summed E-state index contributed by atoms with van der Waals surface area (Å²) in [5, 5.41) is 2.77. The average molecular weight is 272 g/mol. The van der Waals surface area contributed by atoms with Gasteiger partial charge in [0.05, 0.1) is 12.4 Å². The second-order valence-corrected chi connectivity index (χ2v) is 4.33. The molecule has 0 saturated heterocycles. The summed E-state index contributed by atoms with van der Waals surface area (Å²) in [6.45, 7) is 0. The number of hydrogen-bond donors (Lipinski definition) is 3. The Labute approximate surface area is 116 Å². The van der Waals surface area contributed by atoms with Gasteiger partial charge < -0.3 is 15.6 Å². The molecule has 1 heterocycles. The van der Waals surface area contributed by atoms with Crippen molar-refractivity contribution >= 4 is 23.1 Å². The predicted octanol–water partition coefficient (Wildman–Crippen LogP) is 1.08. The summed E-state index contributed by atoms with van der Waals surface area (Å²) in [4.78, 5) is 21.9. The third-order valence-corrected chi connectivity index (χ3v) is 2.64. The fourth-order valence-corrected chi connectivity index (χ4v) is 1.60. The van der Waals surface area contributed by atoms with Crippen LogP contribution in [0.15, 0.2) is 36.7 Å². The number of anilines is 3. The number of amides is 1. The number of nitrogens with two attached hydrogens (primary N) is 1. The number of aromatic nitrogens is 2. The van der Waals surface area contributed by atoms with Crippen molar-refractivity contribution in [3.63, 3.8) is 0 Å². The molecule has 0 aliphatic rings. The van der Waals surface area contributed by atoms with Gasteiger partial charge in [-0.2, -0.15) is 0 Å². The third-order valence-electron chi connectivity index (χ3n) is 2.64. The number of carbonyl (C=O) groups excluding carboxylic acids is 1. The van der Waals surface area contributed by atoms with E-state index in [0.29, 0.717) is 11.5 Å². The molecule has 104 valence electrons. The van der Waals surface area contributed by atoms with Crippen molar-refractivity contribution in [1.82, 2.24) is 9.97 Å². The highest BCUT2D eigenvalue weighted by molar-refractivity contribution is 6.03. The Morgan fingerprint density at radius 2 is 2.10 bits per heavy atom. The number of rotatable bonds is 4. The Bertz CT molecular complexity index is 613. The van der Waals surface area contributed by atoms with E-state index in [-0.39, 0.29) is 11.6 Å². The predicted molar refractivity (Wildman–Crippen MR) is 78.6 cm³/mol. The van der Waals surface area contributed by atoms with E-state index < -0.39 is 0 Å². The largest absolute Gasteiger partial charge is 0.378 e. The summed E-state index contributed by atoms with van der Waals surface area (Å²) in [7, 11) is 3.87. The zero-order valence-corrected chi connectivity index (χ0v) is 11.3. The van der Waals surface area contributed by atoms with Gasteiger partial charge in [-0.05, 0) is 18.2 Å². The van der Waals surface area contributed by atoms with E-state index in [9.17, 15) is 4.79 Å². The van der Waals surface area contributed by atoms with Gasteiger partial charge in [0.1, 0.15) is 5.69 Å². The van der Waals surface area contributed by atoms with Gasteiger partial charge in [0, 0.05) is 25.5 Å². The molecule has 20 heavy (non-hydrogen) atoms. The Morgan fingerprint density at radius 3 is 2.80 bits per heavy atom. The van der Waals surface area contributed by atoms with Crippen LogP contribution in [0.3, 0.4) is 0 Å². The highest BCUT2D eigenvalue weighted by Gasteiger charge is 2.09. The maximum Gasteiger partial charge on any atom is 0.275 e. The van der Waals surface area contributed by atoms with Gasteiger partial charge in [0.2, 0.25) is 0 Å². The molecule has 0 bridgehead atoms. The summed E-state index contributed by atoms with van der Waals surface area (Å²) in [6.07, 6.45) is 2.81. The molecule has 4 N–H and O–H groups in total. The molecule has 2 aromatic rings. The number of nitrogens with one attached hydrogen (secondary N) is 2. The maximum absolute atomic E-state index is 12.1. The van der Waals surface area contributed by atoms with Crippen LogP contribution < -0.4 is 21.5 Å². The Balaban J connectivity index is 2.16. The van der Waals surface area contributed by atoms with Crippen LogP contribution in [0.2, 0.25) is 0 Å². The number of nitrogens with zero attached hydrogens (tertiary/aromatic N) is 3. The van der Waals surface area contributed by atoms with E-state index in [1.807, 2.05) is 43.3 Å². The van der Waals surface area contributed by atoms with Gasteiger partial charge in [0.25, 0.3) is 5.91 Å². The minimum absolute atomic E-state index is 0.190. The van der Waals surface area contributed by atoms with E-state index in [4.69, 9.17) is 5.84 Å². The summed E-state index contributed by atoms with van der Waals surface area (Å²) >= 11 is 0. The minimum Gasteiger partial charge on any atom is -0.378 e. The van der Waals surface area contributed by atoms with Crippen LogP contribution in [-0.2, 0) is 0 Å². The van der Waals surface area contributed by atoms with Gasteiger partial charge >= 0.3 is 0 Å². The molecule has 0 aliphatic heterocycles. The van der Waals surface area contributed by atoms with Gasteiger partial charge in [-0.3, -0.25) is 9.78 Å². The van der Waals surface area contributed by atoms with Crippen molar-refractivity contribution in [3.8, 4) is 0 Å². The van der Waals surface area contributed by atoms with Crippen LogP contribution in [0.4, 0.5) is 17.2 Å². The average Bonchev–Trinajstić information content (AvgIpc) is 2.47. The van der Waals surface area contributed by atoms with E-state index in [1.165, 1.54) is 12.4 Å². The lowest BCUT2D eigenvalue weighted by molar-refractivity contribution is 0.102. The molecule has 1 aromatic carbocycles. The fourth-order valence-electron chi connectivity index (χ4n) is 1.60. The van der Waals surface area contributed by atoms with E-state index in [2.05, 4.69) is 20.7 Å². The third kappa shape index (κ3) is 3.21. The maximum atomic E-state index is 12.1. The number of benzene rings is 1. The standard InChI is InChI=1S/C13H16N6O/c1-19(2)10-5-3-4-9(6-10)16-13(20)11-7-15-8-12(17-11)18-14/h3-8H,14H2,1-2H3,(H,16,20)(H,17,18). The smallest absolute Gasteiger partial charge is 0.275 e. The topological polar surface area (TPSA) is 96.2 Å². The van der Waals surface area contributed by atoms with Crippen LogP contribution in [0.25, 0.3) is 0 Å². The lowest BCUT2D eigenvalue weighted by Crippen LogP contribution is -2.17. The SMILES string of the molecule is CN(C)c1cccc(NC(=O)c2cncc(NN)n2)c1. The van der Waals surface area contributed by atoms with Gasteiger partial charge in [-0.25, -0.2) is 10.8 Å². The molecule has 0 unspecified atom stereocenters. The van der Waals surface area contributed by atoms with Crippen LogP contribution in [0.5, 0.6) is 0 Å². The summed E-state index contributed by atoms with van der Waals surface area (Å²) in [5.41, 5.74) is 4.22. The van der Waals surface area contributed by atoms with Gasteiger partial charge in [-0.1, -0.05) is 6.07 Å². The Hall–Kier alpha value is -2.67. The lowest BCUT2D eigenvalue weighted by Gasteiger charge is -2.13. The number of nitrogen functional groups attached to an aromatic ring is 1. The first kappa shape index (κ1) is 13.8. The molecular weight excluding hydrogens is 256 g/mol. The van der Waals surface area contributed by atoms with Crippen molar-refractivity contribution in [2.75, 3.05) is 29.7 Å². The zero-order chi connectivity index (χ0) is 14.5. The minimum atomic E-state index is -0.342. The van der Waals surface area contributed by atoms with Gasteiger partial charge in [-0.15, -0.1) is 0 Å². The molecule has 7 heteroatoms.